The number of benzene rings is 1. The van der Waals surface area contributed by atoms with Gasteiger partial charge >= 0.3 is 12.2 Å². The van der Waals surface area contributed by atoms with Crippen molar-refractivity contribution in [1.82, 2.24) is 9.80 Å². The number of likely N-dealkylation sites (tertiary alicyclic amines) is 1. The summed E-state index contributed by atoms with van der Waals surface area (Å²) in [6.07, 6.45) is 2.01. The lowest BCUT2D eigenvalue weighted by Gasteiger charge is -2.31. The number of carbonyl (C=O) groups excluding carboxylic acids is 2. The minimum Gasteiger partial charge on any atom is -0.445 e. The van der Waals surface area contributed by atoms with Crippen molar-refractivity contribution >= 4 is 12.2 Å². The molecule has 6 nitrogen and oxygen atoms in total. The molecule has 6 heteroatoms. The highest BCUT2D eigenvalue weighted by Crippen LogP contribution is 2.19. The predicted octanol–water partition coefficient (Wildman–Crippen LogP) is 4.04. The summed E-state index contributed by atoms with van der Waals surface area (Å²) >= 11 is 0. The molecule has 1 aliphatic heterocycles. The molecular formula is C20H30N2O4. The normalized spacial score (nSPS) is 18.0. The summed E-state index contributed by atoms with van der Waals surface area (Å²) in [7, 11) is 1.73. The monoisotopic (exact) mass is 362 g/mol. The summed E-state index contributed by atoms with van der Waals surface area (Å²) in [5.74, 6) is 0. The number of carbonyl (C=O) groups is 2. The zero-order chi connectivity index (χ0) is 19.2. The lowest BCUT2D eigenvalue weighted by Crippen LogP contribution is -2.47. The first kappa shape index (κ1) is 20.1. The molecule has 1 aromatic rings. The van der Waals surface area contributed by atoms with Crippen LogP contribution >= 0.6 is 0 Å². The summed E-state index contributed by atoms with van der Waals surface area (Å²) < 4.78 is 10.9. The first-order valence-corrected chi connectivity index (χ1v) is 9.18. The van der Waals surface area contributed by atoms with Gasteiger partial charge in [0.25, 0.3) is 0 Å². The quantitative estimate of drug-likeness (QED) is 0.814. The van der Waals surface area contributed by atoms with E-state index in [4.69, 9.17) is 9.47 Å². The Morgan fingerprint density at radius 1 is 1.19 bits per heavy atom. The summed E-state index contributed by atoms with van der Waals surface area (Å²) in [5.41, 5.74) is 0.421. The Kier molecular flexibility index (Phi) is 6.89. The van der Waals surface area contributed by atoms with Crippen LogP contribution in [-0.2, 0) is 16.1 Å². The van der Waals surface area contributed by atoms with Crippen LogP contribution in [0.15, 0.2) is 30.3 Å². The highest BCUT2D eigenvalue weighted by atomic mass is 16.6. The lowest BCUT2D eigenvalue weighted by molar-refractivity contribution is 0.0204. The van der Waals surface area contributed by atoms with Gasteiger partial charge in [0.05, 0.1) is 6.04 Å². The number of hydrogen-bond acceptors (Lipinski definition) is 4. The molecule has 1 aromatic carbocycles. The van der Waals surface area contributed by atoms with Gasteiger partial charge in [-0.05, 0) is 45.6 Å². The van der Waals surface area contributed by atoms with Gasteiger partial charge in [-0.3, -0.25) is 0 Å². The van der Waals surface area contributed by atoms with Crippen molar-refractivity contribution in [2.45, 2.75) is 58.3 Å². The second-order valence-corrected chi connectivity index (χ2v) is 7.73. The number of ether oxygens (including phenoxy) is 2. The van der Waals surface area contributed by atoms with Gasteiger partial charge in [-0.25, -0.2) is 9.59 Å². The van der Waals surface area contributed by atoms with Crippen LogP contribution in [-0.4, -0.2) is 53.8 Å². The second-order valence-electron chi connectivity index (χ2n) is 7.73. The van der Waals surface area contributed by atoms with Crippen molar-refractivity contribution in [3.8, 4) is 0 Å². The third-order valence-electron chi connectivity index (χ3n) is 4.34. The zero-order valence-electron chi connectivity index (χ0n) is 16.2. The van der Waals surface area contributed by atoms with Crippen molar-refractivity contribution < 1.29 is 19.1 Å². The molecule has 0 saturated carbocycles. The molecule has 0 spiro atoms. The molecule has 1 heterocycles. The molecule has 0 radical (unpaired) electrons. The van der Waals surface area contributed by atoms with Gasteiger partial charge in [-0.2, -0.15) is 0 Å². The predicted molar refractivity (Wildman–Crippen MR) is 99.8 cm³/mol. The Balaban J connectivity index is 1.92. The van der Waals surface area contributed by atoms with Crippen LogP contribution < -0.4 is 0 Å². The molecular weight excluding hydrogens is 332 g/mol. The Morgan fingerprint density at radius 2 is 1.88 bits per heavy atom. The maximum atomic E-state index is 12.4. The average molecular weight is 362 g/mol. The average Bonchev–Trinajstić information content (AvgIpc) is 2.84. The summed E-state index contributed by atoms with van der Waals surface area (Å²) in [6, 6.07) is 9.52. The van der Waals surface area contributed by atoms with E-state index in [2.05, 4.69) is 0 Å². The van der Waals surface area contributed by atoms with Gasteiger partial charge in [0, 0.05) is 20.1 Å². The molecule has 1 saturated heterocycles. The topological polar surface area (TPSA) is 59.1 Å². The number of rotatable bonds is 3. The van der Waals surface area contributed by atoms with E-state index in [1.165, 1.54) is 0 Å². The van der Waals surface area contributed by atoms with Crippen LogP contribution in [0.5, 0.6) is 0 Å². The van der Waals surface area contributed by atoms with Gasteiger partial charge in [0.2, 0.25) is 0 Å². The Hall–Kier alpha value is -2.24. The number of likely N-dealkylation sites (N-methyl/N-ethyl adjacent to an activating group) is 1. The molecule has 1 fully saturated rings. The summed E-state index contributed by atoms with van der Waals surface area (Å²) in [6.45, 7) is 6.92. The van der Waals surface area contributed by atoms with Crippen molar-refractivity contribution in [2.24, 2.45) is 0 Å². The van der Waals surface area contributed by atoms with Crippen LogP contribution in [0.1, 0.15) is 45.6 Å². The third kappa shape index (κ3) is 6.24. The lowest BCUT2D eigenvalue weighted by atomic mass is 10.1. The van der Waals surface area contributed by atoms with Gasteiger partial charge in [-0.15, -0.1) is 0 Å². The largest absolute Gasteiger partial charge is 0.445 e. The smallest absolute Gasteiger partial charge is 0.410 e. The molecule has 0 N–H and O–H groups in total. The second kappa shape index (κ2) is 8.92. The van der Waals surface area contributed by atoms with Gasteiger partial charge in [-0.1, -0.05) is 30.3 Å². The van der Waals surface area contributed by atoms with E-state index in [0.29, 0.717) is 13.1 Å². The zero-order valence-corrected chi connectivity index (χ0v) is 16.2. The van der Waals surface area contributed by atoms with Crippen molar-refractivity contribution in [2.75, 3.05) is 20.1 Å². The minimum absolute atomic E-state index is 0.0757. The summed E-state index contributed by atoms with van der Waals surface area (Å²) in [4.78, 5) is 28.1. The fourth-order valence-electron chi connectivity index (χ4n) is 2.90. The SMILES string of the molecule is CN(C(=O)OCc1ccccc1)[C@@H]1CCCCN(C(=O)OC(C)(C)C)C1. The van der Waals surface area contributed by atoms with Crippen LogP contribution in [0.3, 0.4) is 0 Å². The highest BCUT2D eigenvalue weighted by Gasteiger charge is 2.30. The van der Waals surface area contributed by atoms with E-state index in [1.807, 2.05) is 51.1 Å². The van der Waals surface area contributed by atoms with E-state index in [1.54, 1.807) is 16.8 Å². The van der Waals surface area contributed by atoms with Gasteiger partial charge < -0.3 is 19.3 Å². The molecule has 26 heavy (non-hydrogen) atoms. The van der Waals surface area contributed by atoms with Gasteiger partial charge in [0.1, 0.15) is 12.2 Å². The van der Waals surface area contributed by atoms with E-state index in [9.17, 15) is 9.59 Å². The van der Waals surface area contributed by atoms with E-state index in [0.717, 1.165) is 24.8 Å². The Bertz CT molecular complexity index is 598. The molecule has 1 aliphatic rings. The van der Waals surface area contributed by atoms with Crippen LogP contribution in [0.2, 0.25) is 0 Å². The van der Waals surface area contributed by atoms with Crippen LogP contribution in [0.4, 0.5) is 9.59 Å². The Labute approximate surface area is 156 Å². The number of hydrogen-bond donors (Lipinski definition) is 0. The molecule has 2 rings (SSSR count). The molecule has 0 bridgehead atoms. The molecule has 0 aromatic heterocycles. The van der Waals surface area contributed by atoms with E-state index >= 15 is 0 Å². The third-order valence-corrected chi connectivity index (χ3v) is 4.34. The van der Waals surface area contributed by atoms with E-state index in [-0.39, 0.29) is 24.8 Å². The maximum absolute atomic E-state index is 12.4. The van der Waals surface area contributed by atoms with Crippen molar-refractivity contribution in [1.29, 1.82) is 0 Å². The summed E-state index contributed by atoms with van der Waals surface area (Å²) in [5, 5.41) is 0. The minimum atomic E-state index is -0.528. The Morgan fingerprint density at radius 3 is 2.54 bits per heavy atom. The first-order chi connectivity index (χ1) is 12.3. The maximum Gasteiger partial charge on any atom is 0.410 e. The molecule has 2 amide bonds. The van der Waals surface area contributed by atoms with Crippen LogP contribution in [0, 0.1) is 0 Å². The number of amides is 2. The highest BCUT2D eigenvalue weighted by molar-refractivity contribution is 5.69. The fourth-order valence-corrected chi connectivity index (χ4v) is 2.90. The van der Waals surface area contributed by atoms with Crippen molar-refractivity contribution in [3.05, 3.63) is 35.9 Å². The van der Waals surface area contributed by atoms with Crippen LogP contribution in [0.25, 0.3) is 0 Å². The number of nitrogens with zero attached hydrogens (tertiary/aromatic N) is 2. The molecule has 1 atom stereocenters. The van der Waals surface area contributed by atoms with Crippen molar-refractivity contribution in [3.63, 3.8) is 0 Å². The molecule has 144 valence electrons. The molecule has 0 aliphatic carbocycles. The van der Waals surface area contributed by atoms with E-state index < -0.39 is 5.60 Å². The van der Waals surface area contributed by atoms with Gasteiger partial charge in [0.15, 0.2) is 0 Å². The fraction of sp³-hybridized carbons (Fsp3) is 0.600. The standard InChI is InChI=1S/C20H30N2O4/c1-20(2,3)26-19(24)22-13-9-8-12-17(14-22)21(4)18(23)25-15-16-10-6-5-7-11-16/h5-7,10-11,17H,8-9,12-15H2,1-4H3/t17-/m1/s1. The first-order valence-electron chi connectivity index (χ1n) is 9.18. The molecule has 0 unspecified atom stereocenters.